The van der Waals surface area contributed by atoms with Crippen LogP contribution in [0.1, 0.15) is 13.3 Å². The number of methoxy groups -OCH3 is 1. The fraction of sp³-hybridized carbons (Fsp3) is 0.600. The van der Waals surface area contributed by atoms with E-state index in [1.54, 1.807) is 7.11 Å². The third-order valence-corrected chi connectivity index (χ3v) is 4.66. The van der Waals surface area contributed by atoms with Gasteiger partial charge < -0.3 is 19.5 Å². The Bertz CT molecular complexity index is 481. The van der Waals surface area contributed by atoms with Crippen LogP contribution in [0.25, 0.3) is 0 Å². The van der Waals surface area contributed by atoms with Crippen molar-refractivity contribution in [2.45, 2.75) is 24.3 Å². The zero-order valence-corrected chi connectivity index (χ0v) is 13.4. The van der Waals surface area contributed by atoms with Gasteiger partial charge in [-0.15, -0.1) is 0 Å². The molecule has 5 nitrogen and oxygen atoms in total. The van der Waals surface area contributed by atoms with E-state index in [0.29, 0.717) is 31.3 Å². The smallest absolute Gasteiger partial charge is 0.162 e. The highest BCUT2D eigenvalue weighted by molar-refractivity contribution is 7.85. The highest BCUT2D eigenvalue weighted by atomic mass is 32.2. The average molecular weight is 313 g/mol. The Labute approximate surface area is 128 Å². The second-order valence-electron chi connectivity index (χ2n) is 4.92. The van der Waals surface area contributed by atoms with Crippen LogP contribution >= 0.6 is 0 Å². The van der Waals surface area contributed by atoms with Gasteiger partial charge in [-0.25, -0.2) is 0 Å². The molecule has 0 aliphatic carbocycles. The number of hydrogen-bond acceptors (Lipinski definition) is 5. The molecule has 1 N–H and O–H groups in total. The molecule has 0 fully saturated rings. The minimum Gasteiger partial charge on any atom is -0.486 e. The lowest BCUT2D eigenvalue weighted by molar-refractivity contribution is 0.171. The molecule has 1 heterocycles. The summed E-state index contributed by atoms with van der Waals surface area (Å²) in [6.45, 7) is 4.65. The summed E-state index contributed by atoms with van der Waals surface area (Å²) >= 11 is 0. The Morgan fingerprint density at radius 3 is 2.81 bits per heavy atom. The lowest BCUT2D eigenvalue weighted by Crippen LogP contribution is -2.38. The molecule has 2 atom stereocenters. The number of ether oxygens (including phenoxy) is 3. The van der Waals surface area contributed by atoms with Crippen LogP contribution in [0.3, 0.4) is 0 Å². The molecule has 2 unspecified atom stereocenters. The highest BCUT2D eigenvalue weighted by Crippen LogP contribution is 2.31. The van der Waals surface area contributed by atoms with Gasteiger partial charge in [0.15, 0.2) is 11.5 Å². The van der Waals surface area contributed by atoms with E-state index in [9.17, 15) is 4.21 Å². The largest absolute Gasteiger partial charge is 0.486 e. The van der Waals surface area contributed by atoms with Gasteiger partial charge in [-0.2, -0.15) is 0 Å². The van der Waals surface area contributed by atoms with Crippen LogP contribution < -0.4 is 14.8 Å². The lowest BCUT2D eigenvalue weighted by Gasteiger charge is -2.20. The highest BCUT2D eigenvalue weighted by Gasteiger charge is 2.17. The molecule has 1 aliphatic rings. The van der Waals surface area contributed by atoms with Crippen molar-refractivity contribution < 1.29 is 18.4 Å². The monoisotopic (exact) mass is 313 g/mol. The second kappa shape index (κ2) is 8.36. The first-order valence-electron chi connectivity index (χ1n) is 7.25. The Balaban J connectivity index is 2.01. The van der Waals surface area contributed by atoms with Gasteiger partial charge in [-0.05, 0) is 25.1 Å². The summed E-state index contributed by atoms with van der Waals surface area (Å²) in [7, 11) is 0.566. The molecule has 1 aromatic rings. The topological polar surface area (TPSA) is 56.8 Å². The molecule has 1 aromatic carbocycles. The standard InChI is InChI=1S/C15H23NO4S/c1-3-6-16-12(10-18-2)11-21(17)13-4-5-14-15(9-13)20-8-7-19-14/h4-5,9,12,16H,3,6-8,10-11H2,1-2H3. The molecule has 1 aliphatic heterocycles. The van der Waals surface area contributed by atoms with Crippen molar-refractivity contribution in [3.05, 3.63) is 18.2 Å². The number of fused-ring (bicyclic) bond motifs is 1. The van der Waals surface area contributed by atoms with Gasteiger partial charge in [0.25, 0.3) is 0 Å². The van der Waals surface area contributed by atoms with Gasteiger partial charge in [0, 0.05) is 29.9 Å². The molecule has 21 heavy (non-hydrogen) atoms. The predicted molar refractivity (Wildman–Crippen MR) is 82.7 cm³/mol. The molecule has 6 heteroatoms. The first-order valence-corrected chi connectivity index (χ1v) is 8.56. The zero-order chi connectivity index (χ0) is 15.1. The third-order valence-electron chi connectivity index (χ3n) is 3.18. The Morgan fingerprint density at radius 1 is 1.33 bits per heavy atom. The zero-order valence-electron chi connectivity index (χ0n) is 12.6. The first-order chi connectivity index (χ1) is 10.2. The quantitative estimate of drug-likeness (QED) is 0.790. The number of benzene rings is 1. The minimum atomic E-state index is -1.09. The molecule has 0 amide bonds. The fourth-order valence-corrected chi connectivity index (χ4v) is 3.39. The SMILES string of the molecule is CCCNC(COC)CS(=O)c1ccc2c(c1)OCCO2. The Morgan fingerprint density at radius 2 is 2.10 bits per heavy atom. The third kappa shape index (κ3) is 4.69. The Kier molecular flexibility index (Phi) is 6.48. The van der Waals surface area contributed by atoms with E-state index in [1.165, 1.54) is 0 Å². The summed E-state index contributed by atoms with van der Waals surface area (Å²) in [5.74, 6) is 1.92. The maximum absolute atomic E-state index is 12.5. The van der Waals surface area contributed by atoms with Crippen molar-refractivity contribution in [3.8, 4) is 11.5 Å². The van der Waals surface area contributed by atoms with Crippen LogP contribution in [-0.2, 0) is 15.5 Å². The van der Waals surface area contributed by atoms with Crippen molar-refractivity contribution in [2.75, 3.05) is 39.2 Å². The average Bonchev–Trinajstić information content (AvgIpc) is 2.52. The maximum Gasteiger partial charge on any atom is 0.162 e. The van der Waals surface area contributed by atoms with Crippen LogP contribution in [0.4, 0.5) is 0 Å². The van der Waals surface area contributed by atoms with Crippen LogP contribution in [0.2, 0.25) is 0 Å². The second-order valence-corrected chi connectivity index (χ2v) is 6.42. The molecule has 2 rings (SSSR count). The van der Waals surface area contributed by atoms with Crippen LogP contribution in [-0.4, -0.2) is 49.5 Å². The van der Waals surface area contributed by atoms with Gasteiger partial charge in [0.2, 0.25) is 0 Å². The van der Waals surface area contributed by atoms with Crippen molar-refractivity contribution in [1.29, 1.82) is 0 Å². The van der Waals surface area contributed by atoms with Gasteiger partial charge in [0.1, 0.15) is 13.2 Å². The molecule has 0 radical (unpaired) electrons. The summed E-state index contributed by atoms with van der Waals surface area (Å²) in [6.07, 6.45) is 1.04. The van der Waals surface area contributed by atoms with Crippen molar-refractivity contribution in [3.63, 3.8) is 0 Å². The lowest BCUT2D eigenvalue weighted by atomic mass is 10.3. The molecule has 0 saturated carbocycles. The number of rotatable bonds is 8. The van der Waals surface area contributed by atoms with E-state index in [0.717, 1.165) is 23.6 Å². The number of hydrogen-bond donors (Lipinski definition) is 1. The van der Waals surface area contributed by atoms with E-state index in [4.69, 9.17) is 14.2 Å². The summed E-state index contributed by atoms with van der Waals surface area (Å²) in [5, 5.41) is 3.36. The van der Waals surface area contributed by atoms with Gasteiger partial charge >= 0.3 is 0 Å². The molecule has 118 valence electrons. The molecule has 0 spiro atoms. The molecular formula is C15H23NO4S. The summed E-state index contributed by atoms with van der Waals surface area (Å²) < 4.78 is 28.7. The normalized spacial score (nSPS) is 16.5. The van der Waals surface area contributed by atoms with Crippen LogP contribution in [0.15, 0.2) is 23.1 Å². The van der Waals surface area contributed by atoms with Gasteiger partial charge in [-0.3, -0.25) is 4.21 Å². The first kappa shape index (κ1) is 16.3. The van der Waals surface area contributed by atoms with Crippen molar-refractivity contribution in [1.82, 2.24) is 5.32 Å². The molecule has 0 bridgehead atoms. The van der Waals surface area contributed by atoms with E-state index < -0.39 is 10.8 Å². The van der Waals surface area contributed by atoms with Gasteiger partial charge in [0.05, 0.1) is 17.4 Å². The summed E-state index contributed by atoms with van der Waals surface area (Å²) in [5.41, 5.74) is 0. The molecule has 0 saturated heterocycles. The minimum absolute atomic E-state index is 0.0870. The van der Waals surface area contributed by atoms with Crippen LogP contribution in [0.5, 0.6) is 11.5 Å². The van der Waals surface area contributed by atoms with Gasteiger partial charge in [-0.1, -0.05) is 6.92 Å². The van der Waals surface area contributed by atoms with Crippen LogP contribution in [0, 0.1) is 0 Å². The fourth-order valence-electron chi connectivity index (χ4n) is 2.16. The molecular weight excluding hydrogens is 290 g/mol. The van der Waals surface area contributed by atoms with E-state index in [-0.39, 0.29) is 6.04 Å². The predicted octanol–water partition coefficient (Wildman–Crippen LogP) is 1.58. The van der Waals surface area contributed by atoms with Crippen molar-refractivity contribution in [2.24, 2.45) is 0 Å². The number of nitrogens with one attached hydrogen (secondary N) is 1. The summed E-state index contributed by atoms with van der Waals surface area (Å²) in [6, 6.07) is 5.57. The van der Waals surface area contributed by atoms with Crippen molar-refractivity contribution >= 4 is 10.8 Å². The Hall–Kier alpha value is -1.11. The summed E-state index contributed by atoms with van der Waals surface area (Å²) in [4.78, 5) is 0.763. The van der Waals surface area contributed by atoms with E-state index in [2.05, 4.69) is 12.2 Å². The van der Waals surface area contributed by atoms with E-state index in [1.807, 2.05) is 18.2 Å². The van der Waals surface area contributed by atoms with E-state index >= 15 is 0 Å². The molecule has 0 aromatic heterocycles. The maximum atomic E-state index is 12.5.